The quantitative estimate of drug-likeness (QED) is 0.468. The molecule has 0 aliphatic rings. The molecule has 0 atom stereocenters. The largest absolute Gasteiger partial charge is 0.529 e. The highest BCUT2D eigenvalue weighted by Gasteiger charge is 2.27. The van der Waals surface area contributed by atoms with Crippen LogP contribution >= 0.6 is 31.0 Å². The molecule has 100 valence electrons. The van der Waals surface area contributed by atoms with Gasteiger partial charge in [-0.1, -0.05) is 23.2 Å². The Kier molecular flexibility index (Phi) is 4.95. The van der Waals surface area contributed by atoms with Crippen molar-refractivity contribution in [3.63, 3.8) is 0 Å². The van der Waals surface area contributed by atoms with Gasteiger partial charge in [0, 0.05) is 26.4 Å². The second-order valence-corrected chi connectivity index (χ2v) is 5.52. The van der Waals surface area contributed by atoms with Gasteiger partial charge in [0.25, 0.3) is 5.69 Å². The molecule has 18 heavy (non-hydrogen) atoms. The zero-order valence-electron chi connectivity index (χ0n) is 9.25. The van der Waals surface area contributed by atoms with Crippen LogP contribution in [0, 0.1) is 10.1 Å². The van der Waals surface area contributed by atoms with E-state index in [0.717, 1.165) is 26.4 Å². The molecule has 0 aliphatic heterocycles. The topological polar surface area (TPSA) is 87.9 Å². The van der Waals surface area contributed by atoms with Crippen molar-refractivity contribution in [1.29, 1.82) is 0 Å². The molecule has 0 bridgehead atoms. The summed E-state index contributed by atoms with van der Waals surface area (Å²) < 4.78 is 25.7. The molecule has 10 heteroatoms. The fourth-order valence-corrected chi connectivity index (χ4v) is 2.16. The highest BCUT2D eigenvalue weighted by atomic mass is 35.5. The van der Waals surface area contributed by atoms with E-state index in [1.165, 1.54) is 0 Å². The summed E-state index contributed by atoms with van der Waals surface area (Å²) in [6.07, 6.45) is 0. The van der Waals surface area contributed by atoms with Crippen molar-refractivity contribution in [3.05, 3.63) is 32.3 Å². The number of nitrogens with zero attached hydrogens (tertiary/aromatic N) is 1. The number of nitro benzene ring substituents is 1. The van der Waals surface area contributed by atoms with Crippen molar-refractivity contribution in [2.75, 3.05) is 14.2 Å². The minimum atomic E-state index is -3.80. The first-order chi connectivity index (χ1) is 8.33. The molecule has 0 N–H and O–H groups in total. The summed E-state index contributed by atoms with van der Waals surface area (Å²) in [5.74, 6) is -0.140. The number of nitro groups is 1. The maximum Gasteiger partial charge on any atom is 0.529 e. The number of benzene rings is 1. The fraction of sp³-hybridized carbons (Fsp3) is 0.250. The number of hydrogen-bond donors (Lipinski definition) is 0. The molecular weight excluding hydrogens is 308 g/mol. The Morgan fingerprint density at radius 3 is 2.22 bits per heavy atom. The van der Waals surface area contributed by atoms with Crippen molar-refractivity contribution in [2.24, 2.45) is 0 Å². The second-order valence-electron chi connectivity index (χ2n) is 2.89. The van der Waals surface area contributed by atoms with Gasteiger partial charge in [-0.3, -0.25) is 19.2 Å². The Balaban J connectivity index is 3.17. The van der Waals surface area contributed by atoms with E-state index in [9.17, 15) is 14.7 Å². The Hall–Kier alpha value is -0.850. The van der Waals surface area contributed by atoms with E-state index in [0.29, 0.717) is 0 Å². The van der Waals surface area contributed by atoms with Crippen LogP contribution in [0.5, 0.6) is 5.75 Å². The smallest absolute Gasteiger partial charge is 0.402 e. The summed E-state index contributed by atoms with van der Waals surface area (Å²) in [6.45, 7) is 0. The van der Waals surface area contributed by atoms with Gasteiger partial charge in [-0.2, -0.15) is 0 Å². The standard InChI is InChI=1S/C8H8Cl2NO6P/c1-15-18(14,16-2)17-8-4-5(9)7(11(12)13)3-6(8)10/h3-4H,1-2H3. The molecule has 0 heterocycles. The summed E-state index contributed by atoms with van der Waals surface area (Å²) in [6, 6.07) is 2.04. The molecule has 0 saturated heterocycles. The third-order valence-corrected chi connectivity index (χ3v) is 3.77. The molecule has 0 fully saturated rings. The zero-order chi connectivity index (χ0) is 13.9. The van der Waals surface area contributed by atoms with Crippen molar-refractivity contribution >= 4 is 36.7 Å². The van der Waals surface area contributed by atoms with Crippen LogP contribution < -0.4 is 4.52 Å². The number of phosphoric acid groups is 1. The van der Waals surface area contributed by atoms with Gasteiger partial charge < -0.3 is 4.52 Å². The van der Waals surface area contributed by atoms with Crippen LogP contribution in [0.15, 0.2) is 12.1 Å². The van der Waals surface area contributed by atoms with Gasteiger partial charge >= 0.3 is 7.82 Å². The molecule has 7 nitrogen and oxygen atoms in total. The average molecular weight is 316 g/mol. The Labute approximate surface area is 112 Å². The van der Waals surface area contributed by atoms with Crippen molar-refractivity contribution in [1.82, 2.24) is 0 Å². The number of phosphoric ester groups is 1. The molecule has 0 aromatic heterocycles. The summed E-state index contributed by atoms with van der Waals surface area (Å²) in [5.41, 5.74) is -0.390. The van der Waals surface area contributed by atoms with Crippen molar-refractivity contribution in [2.45, 2.75) is 0 Å². The minimum absolute atomic E-state index is 0.138. The minimum Gasteiger partial charge on any atom is -0.402 e. The maximum atomic E-state index is 11.7. The Morgan fingerprint density at radius 1 is 1.22 bits per heavy atom. The lowest BCUT2D eigenvalue weighted by molar-refractivity contribution is -0.384. The summed E-state index contributed by atoms with van der Waals surface area (Å²) in [4.78, 5) is 9.90. The highest BCUT2D eigenvalue weighted by molar-refractivity contribution is 7.48. The van der Waals surface area contributed by atoms with Crippen LogP contribution in [0.1, 0.15) is 0 Å². The lowest BCUT2D eigenvalue weighted by Crippen LogP contribution is -1.98. The first-order valence-corrected chi connectivity index (χ1v) is 6.59. The van der Waals surface area contributed by atoms with Gasteiger partial charge in [-0.05, 0) is 0 Å². The maximum absolute atomic E-state index is 11.7. The first-order valence-electron chi connectivity index (χ1n) is 4.37. The SMILES string of the molecule is COP(=O)(OC)Oc1cc(Cl)c([N+](=O)[O-])cc1Cl. The summed E-state index contributed by atoms with van der Waals surface area (Å²) in [5, 5.41) is 10.3. The normalized spacial score (nSPS) is 11.3. The van der Waals surface area contributed by atoms with Crippen LogP contribution in [-0.4, -0.2) is 19.1 Å². The first kappa shape index (κ1) is 15.2. The third-order valence-electron chi connectivity index (χ3n) is 1.86. The number of halogens is 2. The Bertz CT molecular complexity index is 515. The molecule has 0 unspecified atom stereocenters. The van der Waals surface area contributed by atoms with E-state index in [4.69, 9.17) is 27.7 Å². The number of hydrogen-bond acceptors (Lipinski definition) is 6. The molecule has 1 aromatic rings. The molecule has 0 amide bonds. The van der Waals surface area contributed by atoms with Gasteiger partial charge in [0.1, 0.15) is 5.02 Å². The predicted octanol–water partition coefficient (Wildman–Crippen LogP) is 3.68. The van der Waals surface area contributed by atoms with E-state index >= 15 is 0 Å². The van der Waals surface area contributed by atoms with Gasteiger partial charge in [0.15, 0.2) is 5.75 Å². The van der Waals surface area contributed by atoms with Crippen molar-refractivity contribution < 1.29 is 23.1 Å². The van der Waals surface area contributed by atoms with Crippen LogP contribution in [0.4, 0.5) is 5.69 Å². The van der Waals surface area contributed by atoms with E-state index in [1.54, 1.807) is 0 Å². The van der Waals surface area contributed by atoms with E-state index in [1.807, 2.05) is 0 Å². The molecule has 1 aromatic carbocycles. The fourth-order valence-electron chi connectivity index (χ4n) is 0.997. The van der Waals surface area contributed by atoms with Gasteiger partial charge in [-0.15, -0.1) is 0 Å². The van der Waals surface area contributed by atoms with E-state index in [2.05, 4.69) is 9.05 Å². The molecule has 0 spiro atoms. The summed E-state index contributed by atoms with van der Waals surface area (Å²) >= 11 is 11.4. The van der Waals surface area contributed by atoms with Gasteiger partial charge in [0.2, 0.25) is 0 Å². The monoisotopic (exact) mass is 315 g/mol. The molecule has 1 rings (SSSR count). The van der Waals surface area contributed by atoms with Crippen LogP contribution in [0.25, 0.3) is 0 Å². The van der Waals surface area contributed by atoms with Gasteiger partial charge in [0.05, 0.1) is 9.95 Å². The molecule has 0 aliphatic carbocycles. The highest BCUT2D eigenvalue weighted by Crippen LogP contribution is 2.50. The predicted molar refractivity (Wildman–Crippen MR) is 65.4 cm³/mol. The molecular formula is C8H8Cl2NO6P. The van der Waals surface area contributed by atoms with E-state index < -0.39 is 18.4 Å². The average Bonchev–Trinajstić information content (AvgIpc) is 2.32. The second kappa shape index (κ2) is 5.86. The molecule has 0 saturated carbocycles. The molecule has 0 radical (unpaired) electrons. The lowest BCUT2D eigenvalue weighted by Gasteiger charge is -2.15. The third kappa shape index (κ3) is 3.34. The Morgan fingerprint density at radius 2 is 1.78 bits per heavy atom. The van der Waals surface area contributed by atoms with Crippen LogP contribution in [0.3, 0.4) is 0 Å². The van der Waals surface area contributed by atoms with Crippen LogP contribution in [0.2, 0.25) is 10.0 Å². The van der Waals surface area contributed by atoms with Gasteiger partial charge in [-0.25, -0.2) is 4.57 Å². The number of rotatable bonds is 5. The van der Waals surface area contributed by atoms with E-state index in [-0.39, 0.29) is 15.8 Å². The zero-order valence-corrected chi connectivity index (χ0v) is 11.7. The lowest BCUT2D eigenvalue weighted by atomic mass is 10.3. The van der Waals surface area contributed by atoms with Crippen LogP contribution in [-0.2, 0) is 13.6 Å². The van der Waals surface area contributed by atoms with Crippen molar-refractivity contribution in [3.8, 4) is 5.75 Å². The summed E-state index contributed by atoms with van der Waals surface area (Å²) in [7, 11) is -1.57.